The predicted octanol–water partition coefficient (Wildman–Crippen LogP) is 2.29. The molecule has 3 rings (SSSR count). The van der Waals surface area contributed by atoms with Crippen LogP contribution in [0.25, 0.3) is 0 Å². The van der Waals surface area contributed by atoms with Gasteiger partial charge in [0.25, 0.3) is 0 Å². The Hall–Kier alpha value is -3.35. The lowest BCUT2D eigenvalue weighted by molar-refractivity contribution is -0.123. The summed E-state index contributed by atoms with van der Waals surface area (Å²) in [5.41, 5.74) is 2.10. The van der Waals surface area contributed by atoms with Crippen LogP contribution < -0.4 is 20.9 Å². The minimum Gasteiger partial charge on any atom is -0.352 e. The van der Waals surface area contributed by atoms with Crippen LogP contribution in [-0.4, -0.2) is 36.5 Å². The van der Waals surface area contributed by atoms with Gasteiger partial charge in [0.05, 0.1) is 11.4 Å². The highest BCUT2D eigenvalue weighted by Crippen LogP contribution is 2.28. The van der Waals surface area contributed by atoms with Gasteiger partial charge in [-0.2, -0.15) is 0 Å². The molecule has 1 aliphatic rings. The molecule has 0 radical (unpaired) electrons. The summed E-state index contributed by atoms with van der Waals surface area (Å²) in [6.07, 6.45) is 0.354. The molecule has 0 aromatic heterocycles. The third-order valence-electron chi connectivity index (χ3n) is 4.34. The molecule has 2 aromatic rings. The summed E-state index contributed by atoms with van der Waals surface area (Å²) in [5.74, 6) is -0.540. The Morgan fingerprint density at radius 1 is 1.04 bits per heavy atom. The summed E-state index contributed by atoms with van der Waals surface area (Å²) in [6, 6.07) is 15.3. The number of rotatable bonds is 5. The second kappa shape index (κ2) is 8.56. The Balaban J connectivity index is 1.80. The molecule has 1 atom stereocenters. The molecule has 0 aliphatic carbocycles. The molecule has 3 N–H and O–H groups in total. The van der Waals surface area contributed by atoms with E-state index >= 15 is 0 Å². The molecule has 4 amide bonds. The van der Waals surface area contributed by atoms with Crippen molar-refractivity contribution in [3.05, 3.63) is 60.2 Å². The molecule has 2 aromatic carbocycles. The first-order chi connectivity index (χ1) is 13.4. The van der Waals surface area contributed by atoms with E-state index in [0.717, 1.165) is 5.56 Å². The molecule has 28 heavy (non-hydrogen) atoms. The van der Waals surface area contributed by atoms with Crippen molar-refractivity contribution in [2.24, 2.45) is 0 Å². The number of hydrogen-bond donors (Lipinski definition) is 3. The smallest absolute Gasteiger partial charge is 0.323 e. The van der Waals surface area contributed by atoms with Crippen LogP contribution in [0.15, 0.2) is 54.6 Å². The number of carbonyl (C=O) groups excluding carboxylic acids is 3. The van der Waals surface area contributed by atoms with Gasteiger partial charge in [-0.25, -0.2) is 4.79 Å². The minimum atomic E-state index is -0.755. The van der Waals surface area contributed by atoms with Crippen LogP contribution in [0.4, 0.5) is 16.2 Å². The van der Waals surface area contributed by atoms with E-state index in [-0.39, 0.29) is 24.4 Å². The predicted molar refractivity (Wildman–Crippen MR) is 108 cm³/mol. The second-order valence-corrected chi connectivity index (χ2v) is 7.01. The Bertz CT molecular complexity index is 867. The van der Waals surface area contributed by atoms with Crippen molar-refractivity contribution >= 4 is 29.2 Å². The van der Waals surface area contributed by atoms with Crippen molar-refractivity contribution in [2.75, 3.05) is 16.8 Å². The lowest BCUT2D eigenvalue weighted by Crippen LogP contribution is -2.55. The zero-order valence-electron chi connectivity index (χ0n) is 15.9. The van der Waals surface area contributed by atoms with Crippen LogP contribution in [0, 0.1) is 0 Å². The van der Waals surface area contributed by atoms with Crippen molar-refractivity contribution in [1.29, 1.82) is 0 Å². The fraction of sp³-hybridized carbons (Fsp3) is 0.286. The molecule has 0 spiro atoms. The van der Waals surface area contributed by atoms with Gasteiger partial charge in [0.1, 0.15) is 12.6 Å². The lowest BCUT2D eigenvalue weighted by Gasteiger charge is -2.31. The third-order valence-corrected chi connectivity index (χ3v) is 4.34. The molecule has 1 aliphatic heterocycles. The number of hydrogen-bond acceptors (Lipinski definition) is 3. The molecular weight excluding hydrogens is 356 g/mol. The highest BCUT2D eigenvalue weighted by Gasteiger charge is 2.30. The SMILES string of the molecule is CC(C)NC(=O)[C@H](Cc1ccccc1)NC(=O)N1CC(=O)Nc2ccccc21. The van der Waals surface area contributed by atoms with Crippen molar-refractivity contribution in [3.63, 3.8) is 0 Å². The van der Waals surface area contributed by atoms with E-state index in [1.54, 1.807) is 24.3 Å². The highest BCUT2D eigenvalue weighted by atomic mass is 16.2. The Kier molecular flexibility index (Phi) is 5.93. The quantitative estimate of drug-likeness (QED) is 0.743. The van der Waals surface area contributed by atoms with Crippen LogP contribution in [-0.2, 0) is 16.0 Å². The number of para-hydroxylation sites is 2. The van der Waals surface area contributed by atoms with Crippen molar-refractivity contribution in [3.8, 4) is 0 Å². The van der Waals surface area contributed by atoms with Crippen molar-refractivity contribution in [1.82, 2.24) is 10.6 Å². The number of nitrogens with one attached hydrogen (secondary N) is 3. The number of benzene rings is 2. The number of nitrogens with zero attached hydrogens (tertiary/aromatic N) is 1. The summed E-state index contributed by atoms with van der Waals surface area (Å²) in [6.45, 7) is 3.63. The van der Waals surface area contributed by atoms with Gasteiger partial charge in [-0.1, -0.05) is 42.5 Å². The fourth-order valence-corrected chi connectivity index (χ4v) is 3.09. The molecule has 7 heteroatoms. The molecule has 0 unspecified atom stereocenters. The van der Waals surface area contributed by atoms with Gasteiger partial charge in [0.15, 0.2) is 0 Å². The lowest BCUT2D eigenvalue weighted by atomic mass is 10.0. The molecule has 0 saturated heterocycles. The van der Waals surface area contributed by atoms with E-state index in [1.807, 2.05) is 44.2 Å². The van der Waals surface area contributed by atoms with Gasteiger partial charge >= 0.3 is 6.03 Å². The average molecular weight is 380 g/mol. The number of anilines is 2. The number of amides is 4. The Morgan fingerprint density at radius 3 is 2.43 bits per heavy atom. The fourth-order valence-electron chi connectivity index (χ4n) is 3.09. The van der Waals surface area contributed by atoms with E-state index in [4.69, 9.17) is 0 Å². The van der Waals surface area contributed by atoms with Gasteiger partial charge in [0.2, 0.25) is 11.8 Å². The van der Waals surface area contributed by atoms with E-state index in [1.165, 1.54) is 4.90 Å². The van der Waals surface area contributed by atoms with E-state index < -0.39 is 12.1 Å². The Morgan fingerprint density at radius 2 is 1.71 bits per heavy atom. The van der Waals surface area contributed by atoms with Gasteiger partial charge in [-0.05, 0) is 31.5 Å². The molecule has 146 valence electrons. The van der Waals surface area contributed by atoms with Crippen LogP contribution >= 0.6 is 0 Å². The largest absolute Gasteiger partial charge is 0.352 e. The summed E-state index contributed by atoms with van der Waals surface area (Å²) < 4.78 is 0. The van der Waals surface area contributed by atoms with E-state index in [9.17, 15) is 14.4 Å². The summed E-state index contributed by atoms with van der Waals surface area (Å²) in [5, 5.41) is 8.39. The summed E-state index contributed by atoms with van der Waals surface area (Å²) in [4.78, 5) is 39.0. The number of fused-ring (bicyclic) bond motifs is 1. The van der Waals surface area contributed by atoms with E-state index in [0.29, 0.717) is 17.8 Å². The van der Waals surface area contributed by atoms with Crippen LogP contribution in [0.2, 0.25) is 0 Å². The molecule has 0 fully saturated rings. The molecular formula is C21H24N4O3. The normalized spacial score (nSPS) is 14.1. The standard InChI is InChI=1S/C21H24N4O3/c1-14(2)22-20(27)17(12-15-8-4-3-5-9-15)24-21(28)25-13-19(26)23-16-10-6-7-11-18(16)25/h3-11,14,17H,12-13H2,1-2H3,(H,22,27)(H,23,26)(H,24,28)/t17-/m0/s1. The highest BCUT2D eigenvalue weighted by molar-refractivity contribution is 6.10. The van der Waals surface area contributed by atoms with Crippen molar-refractivity contribution in [2.45, 2.75) is 32.4 Å². The van der Waals surface area contributed by atoms with Gasteiger partial charge in [-0.3, -0.25) is 14.5 Å². The first-order valence-corrected chi connectivity index (χ1v) is 9.25. The third kappa shape index (κ3) is 4.68. The topological polar surface area (TPSA) is 90.5 Å². The van der Waals surface area contributed by atoms with Crippen LogP contribution in [0.3, 0.4) is 0 Å². The summed E-state index contributed by atoms with van der Waals surface area (Å²) >= 11 is 0. The maximum atomic E-state index is 13.0. The molecule has 7 nitrogen and oxygen atoms in total. The monoisotopic (exact) mass is 380 g/mol. The van der Waals surface area contributed by atoms with Crippen LogP contribution in [0.5, 0.6) is 0 Å². The zero-order valence-corrected chi connectivity index (χ0v) is 15.9. The molecule has 0 bridgehead atoms. The number of urea groups is 1. The maximum absolute atomic E-state index is 13.0. The number of carbonyl (C=O) groups is 3. The average Bonchev–Trinajstić information content (AvgIpc) is 2.67. The van der Waals surface area contributed by atoms with Gasteiger partial charge in [0, 0.05) is 12.5 Å². The zero-order chi connectivity index (χ0) is 20.1. The molecule has 0 saturated carbocycles. The second-order valence-electron chi connectivity index (χ2n) is 7.01. The maximum Gasteiger partial charge on any atom is 0.323 e. The van der Waals surface area contributed by atoms with E-state index in [2.05, 4.69) is 16.0 Å². The molecule has 1 heterocycles. The first-order valence-electron chi connectivity index (χ1n) is 9.25. The van der Waals surface area contributed by atoms with Crippen molar-refractivity contribution < 1.29 is 14.4 Å². The van der Waals surface area contributed by atoms with Gasteiger partial charge < -0.3 is 16.0 Å². The summed E-state index contributed by atoms with van der Waals surface area (Å²) in [7, 11) is 0. The van der Waals surface area contributed by atoms with Crippen LogP contribution in [0.1, 0.15) is 19.4 Å². The minimum absolute atomic E-state index is 0.0517. The Labute approximate surface area is 164 Å². The first kappa shape index (κ1) is 19.4. The van der Waals surface area contributed by atoms with Gasteiger partial charge in [-0.15, -0.1) is 0 Å².